The minimum atomic E-state index is -1.34. The van der Waals surface area contributed by atoms with Crippen LogP contribution in [0.4, 0.5) is 4.39 Å². The van der Waals surface area contributed by atoms with Crippen LogP contribution in [0.5, 0.6) is 5.75 Å². The molecule has 0 amide bonds. The maximum Gasteiger partial charge on any atom is 0.342 e. The normalized spacial score (nSPS) is 10.2. The zero-order chi connectivity index (χ0) is 12.7. The van der Waals surface area contributed by atoms with Crippen molar-refractivity contribution in [2.75, 3.05) is 13.2 Å². The lowest BCUT2D eigenvalue weighted by Gasteiger charge is -2.09. The lowest BCUT2D eigenvalue weighted by atomic mass is 10.2. The highest BCUT2D eigenvalue weighted by Gasteiger charge is 2.16. The van der Waals surface area contributed by atoms with Crippen molar-refractivity contribution in [1.82, 2.24) is 0 Å². The molecule has 1 aromatic carbocycles. The number of hydrogen-bond donors (Lipinski definition) is 2. The molecule has 94 valence electrons. The fourth-order valence-corrected chi connectivity index (χ4v) is 1.40. The van der Waals surface area contributed by atoms with Gasteiger partial charge in [-0.25, -0.2) is 9.18 Å². The second-order valence-corrected chi connectivity index (χ2v) is 3.55. The summed E-state index contributed by atoms with van der Waals surface area (Å²) in [6, 6.07) is 3.92. The Morgan fingerprint density at radius 1 is 1.29 bits per heavy atom. The maximum absolute atomic E-state index is 13.2. The number of carbonyl (C=O) groups is 1. The zero-order valence-corrected chi connectivity index (χ0v) is 9.36. The summed E-state index contributed by atoms with van der Waals surface area (Å²) in [5, 5.41) is 17.4. The highest BCUT2D eigenvalue weighted by molar-refractivity contribution is 5.91. The van der Waals surface area contributed by atoms with Gasteiger partial charge in [-0.1, -0.05) is 6.07 Å². The molecular formula is C12H15FO4. The second-order valence-electron chi connectivity index (χ2n) is 3.55. The third-order valence-electron chi connectivity index (χ3n) is 2.25. The number of carboxylic acids is 1. The third kappa shape index (κ3) is 4.03. The van der Waals surface area contributed by atoms with Crippen LogP contribution in [0.1, 0.15) is 29.6 Å². The van der Waals surface area contributed by atoms with Crippen LogP contribution in [0.25, 0.3) is 0 Å². The van der Waals surface area contributed by atoms with Crippen molar-refractivity contribution in [3.63, 3.8) is 0 Å². The Morgan fingerprint density at radius 2 is 2.06 bits per heavy atom. The van der Waals surface area contributed by atoms with E-state index in [0.29, 0.717) is 19.4 Å². The summed E-state index contributed by atoms with van der Waals surface area (Å²) in [6.07, 6.45) is 2.16. The molecule has 0 heterocycles. The Labute approximate surface area is 98.7 Å². The first-order valence-corrected chi connectivity index (χ1v) is 5.42. The van der Waals surface area contributed by atoms with Gasteiger partial charge in [-0.05, 0) is 31.4 Å². The molecule has 4 nitrogen and oxygen atoms in total. The molecule has 0 radical (unpaired) electrons. The Balaban J connectivity index is 2.58. The van der Waals surface area contributed by atoms with E-state index in [-0.39, 0.29) is 12.4 Å². The van der Waals surface area contributed by atoms with Crippen molar-refractivity contribution < 1.29 is 24.1 Å². The zero-order valence-electron chi connectivity index (χ0n) is 9.36. The predicted octanol–water partition coefficient (Wildman–Crippen LogP) is 2.07. The molecule has 0 spiro atoms. The number of rotatable bonds is 7. The molecule has 17 heavy (non-hydrogen) atoms. The number of benzene rings is 1. The van der Waals surface area contributed by atoms with Gasteiger partial charge in [-0.2, -0.15) is 0 Å². The third-order valence-corrected chi connectivity index (χ3v) is 2.25. The van der Waals surface area contributed by atoms with Crippen LogP contribution in [-0.2, 0) is 0 Å². The first kappa shape index (κ1) is 13.4. The molecule has 0 saturated heterocycles. The summed E-state index contributed by atoms with van der Waals surface area (Å²) >= 11 is 0. The number of unbranched alkanes of at least 4 members (excludes halogenated alkanes) is 2. The Bertz CT molecular complexity index is 379. The monoisotopic (exact) mass is 242 g/mol. The van der Waals surface area contributed by atoms with Gasteiger partial charge in [-0.15, -0.1) is 0 Å². The summed E-state index contributed by atoms with van der Waals surface area (Å²) in [4.78, 5) is 10.8. The van der Waals surface area contributed by atoms with Gasteiger partial charge in [0.15, 0.2) is 0 Å². The van der Waals surface area contributed by atoms with Gasteiger partial charge in [-0.3, -0.25) is 0 Å². The molecule has 0 unspecified atom stereocenters. The van der Waals surface area contributed by atoms with Gasteiger partial charge in [0.05, 0.1) is 6.61 Å². The number of halogens is 1. The molecule has 0 bridgehead atoms. The number of aliphatic hydroxyl groups is 1. The van der Waals surface area contributed by atoms with Gasteiger partial charge < -0.3 is 14.9 Å². The molecule has 1 rings (SSSR count). The quantitative estimate of drug-likeness (QED) is 0.718. The van der Waals surface area contributed by atoms with E-state index in [1.807, 2.05) is 0 Å². The number of ether oxygens (including phenoxy) is 1. The fraction of sp³-hybridized carbons (Fsp3) is 0.417. The minimum Gasteiger partial charge on any atom is -0.493 e. The second kappa shape index (κ2) is 6.85. The molecule has 0 fully saturated rings. The van der Waals surface area contributed by atoms with Crippen LogP contribution in [0.3, 0.4) is 0 Å². The molecule has 2 N–H and O–H groups in total. The largest absolute Gasteiger partial charge is 0.493 e. The summed E-state index contributed by atoms with van der Waals surface area (Å²) in [7, 11) is 0. The van der Waals surface area contributed by atoms with E-state index in [2.05, 4.69) is 0 Å². The average molecular weight is 242 g/mol. The molecule has 0 saturated carbocycles. The average Bonchev–Trinajstić information content (AvgIpc) is 2.28. The van der Waals surface area contributed by atoms with E-state index in [0.717, 1.165) is 12.5 Å². The summed E-state index contributed by atoms with van der Waals surface area (Å²) in [5.41, 5.74) is -0.436. The van der Waals surface area contributed by atoms with E-state index >= 15 is 0 Å². The van der Waals surface area contributed by atoms with Crippen molar-refractivity contribution in [1.29, 1.82) is 0 Å². The molecule has 1 aromatic rings. The lowest BCUT2D eigenvalue weighted by Crippen LogP contribution is -2.07. The first-order chi connectivity index (χ1) is 8.16. The minimum absolute atomic E-state index is 0.0431. The van der Waals surface area contributed by atoms with Crippen LogP contribution >= 0.6 is 0 Å². The predicted molar refractivity (Wildman–Crippen MR) is 59.8 cm³/mol. The van der Waals surface area contributed by atoms with Gasteiger partial charge in [0, 0.05) is 6.61 Å². The van der Waals surface area contributed by atoms with Gasteiger partial charge in [0.25, 0.3) is 0 Å². The topological polar surface area (TPSA) is 66.8 Å². The molecule has 0 atom stereocenters. The van der Waals surface area contributed by atoms with Crippen molar-refractivity contribution in [2.24, 2.45) is 0 Å². The number of carboxylic acid groups (broad SMARTS) is 1. The van der Waals surface area contributed by atoms with E-state index in [9.17, 15) is 9.18 Å². The standard InChI is InChI=1S/C12H15FO4/c13-9-5-4-6-10(11(9)12(15)16)17-8-3-1-2-7-14/h4-6,14H,1-3,7-8H2,(H,15,16). The van der Waals surface area contributed by atoms with Crippen LogP contribution in [-0.4, -0.2) is 29.4 Å². The summed E-state index contributed by atoms with van der Waals surface area (Å²) in [6.45, 7) is 0.435. The molecule has 5 heteroatoms. The van der Waals surface area contributed by atoms with Crippen LogP contribution < -0.4 is 4.74 Å². The van der Waals surface area contributed by atoms with Crippen LogP contribution in [0.2, 0.25) is 0 Å². The smallest absolute Gasteiger partial charge is 0.342 e. The van der Waals surface area contributed by atoms with Crippen LogP contribution in [0.15, 0.2) is 18.2 Å². The van der Waals surface area contributed by atoms with E-state index < -0.39 is 17.3 Å². The van der Waals surface area contributed by atoms with E-state index in [1.165, 1.54) is 12.1 Å². The van der Waals surface area contributed by atoms with Gasteiger partial charge in [0.2, 0.25) is 0 Å². The van der Waals surface area contributed by atoms with Crippen molar-refractivity contribution in [3.05, 3.63) is 29.6 Å². The highest BCUT2D eigenvalue weighted by Crippen LogP contribution is 2.21. The van der Waals surface area contributed by atoms with Crippen LogP contribution in [0, 0.1) is 5.82 Å². The van der Waals surface area contributed by atoms with Crippen molar-refractivity contribution >= 4 is 5.97 Å². The number of aromatic carboxylic acids is 1. The van der Waals surface area contributed by atoms with Gasteiger partial charge in [0.1, 0.15) is 17.1 Å². The molecular weight excluding hydrogens is 227 g/mol. The summed E-state index contributed by atoms with van der Waals surface area (Å²) in [5.74, 6) is -2.10. The summed E-state index contributed by atoms with van der Waals surface area (Å²) < 4.78 is 18.5. The Kier molecular flexibility index (Phi) is 5.42. The maximum atomic E-state index is 13.2. The van der Waals surface area contributed by atoms with Crippen molar-refractivity contribution in [3.8, 4) is 5.75 Å². The van der Waals surface area contributed by atoms with E-state index in [4.69, 9.17) is 14.9 Å². The molecule has 0 aromatic heterocycles. The molecule has 0 aliphatic carbocycles. The Hall–Kier alpha value is -1.62. The van der Waals surface area contributed by atoms with Crippen molar-refractivity contribution in [2.45, 2.75) is 19.3 Å². The SMILES string of the molecule is O=C(O)c1c(F)cccc1OCCCCCO. The first-order valence-electron chi connectivity index (χ1n) is 5.42. The highest BCUT2D eigenvalue weighted by atomic mass is 19.1. The number of hydrogen-bond acceptors (Lipinski definition) is 3. The van der Waals surface area contributed by atoms with E-state index in [1.54, 1.807) is 0 Å². The lowest BCUT2D eigenvalue weighted by molar-refractivity contribution is 0.0686. The fourth-order valence-electron chi connectivity index (χ4n) is 1.40. The van der Waals surface area contributed by atoms with Gasteiger partial charge >= 0.3 is 5.97 Å². The number of aliphatic hydroxyl groups excluding tert-OH is 1. The molecule has 0 aliphatic heterocycles. The Morgan fingerprint density at radius 3 is 2.71 bits per heavy atom. The molecule has 0 aliphatic rings.